The second-order valence-corrected chi connectivity index (χ2v) is 5.67. The molecule has 0 aromatic rings. The van der Waals surface area contributed by atoms with E-state index in [2.05, 4.69) is 5.32 Å². The van der Waals surface area contributed by atoms with E-state index in [1.165, 1.54) is 32.2 Å². The minimum atomic E-state index is 0.610. The average Bonchev–Trinajstić information content (AvgIpc) is 2.90. The fourth-order valence-corrected chi connectivity index (χ4v) is 3.48. The number of hydrogen-bond donors (Lipinski definition) is 1. The van der Waals surface area contributed by atoms with Crippen LogP contribution < -0.4 is 5.32 Å². The second-order valence-electron chi connectivity index (χ2n) is 5.29. The first-order valence-corrected chi connectivity index (χ1v) is 7.28. The van der Waals surface area contributed by atoms with Crippen molar-refractivity contribution in [3.05, 3.63) is 0 Å². The lowest BCUT2D eigenvalue weighted by Crippen LogP contribution is -2.27. The average molecular weight is 246 g/mol. The van der Waals surface area contributed by atoms with E-state index in [1.54, 1.807) is 0 Å². The van der Waals surface area contributed by atoms with Crippen molar-refractivity contribution in [2.75, 3.05) is 32.2 Å². The molecule has 2 saturated carbocycles. The van der Waals surface area contributed by atoms with Crippen LogP contribution in [0.25, 0.3) is 0 Å². The van der Waals surface area contributed by atoms with E-state index in [-0.39, 0.29) is 0 Å². The molecule has 0 spiro atoms. The lowest BCUT2D eigenvalue weighted by atomic mass is 9.89. The fourth-order valence-electron chi connectivity index (χ4n) is 3.37. The zero-order valence-electron chi connectivity index (χ0n) is 10.1. The summed E-state index contributed by atoms with van der Waals surface area (Å²) < 4.78 is 5.33. The highest BCUT2D eigenvalue weighted by molar-refractivity contribution is 6.17. The van der Waals surface area contributed by atoms with E-state index in [0.717, 1.165) is 37.3 Å². The van der Waals surface area contributed by atoms with Gasteiger partial charge < -0.3 is 10.1 Å². The molecule has 0 aliphatic heterocycles. The summed E-state index contributed by atoms with van der Waals surface area (Å²) in [6.07, 6.45) is 7.12. The summed E-state index contributed by atoms with van der Waals surface area (Å²) in [6.45, 7) is 3.86. The third-order valence-corrected chi connectivity index (χ3v) is 4.31. The molecule has 0 heterocycles. The largest absolute Gasteiger partial charge is 0.380 e. The van der Waals surface area contributed by atoms with Gasteiger partial charge in [-0.1, -0.05) is 6.42 Å². The quantitative estimate of drug-likeness (QED) is 0.525. The molecule has 0 amide bonds. The Kier molecular flexibility index (Phi) is 5.40. The van der Waals surface area contributed by atoms with Gasteiger partial charge in [-0.25, -0.2) is 0 Å². The summed E-state index contributed by atoms with van der Waals surface area (Å²) in [4.78, 5) is 0. The Morgan fingerprint density at radius 2 is 2.12 bits per heavy atom. The van der Waals surface area contributed by atoms with Gasteiger partial charge >= 0.3 is 0 Å². The molecule has 1 N–H and O–H groups in total. The predicted octanol–water partition coefficient (Wildman–Crippen LogP) is 2.66. The van der Waals surface area contributed by atoms with Crippen LogP contribution in [0.1, 0.15) is 32.1 Å². The molecule has 2 bridgehead atoms. The molecule has 3 unspecified atom stereocenters. The minimum Gasteiger partial charge on any atom is -0.380 e. The molecule has 3 atom stereocenters. The lowest BCUT2D eigenvalue weighted by molar-refractivity contribution is 0.146. The maximum Gasteiger partial charge on any atom is 0.0601 e. The van der Waals surface area contributed by atoms with Crippen molar-refractivity contribution in [1.82, 2.24) is 5.32 Å². The Morgan fingerprint density at radius 1 is 1.19 bits per heavy atom. The standard InChI is InChI=1S/C13H24ClNO/c14-4-7-16-6-1-5-15-10-13-9-11-2-3-12(13)8-11/h11-13,15H,1-10H2. The molecule has 16 heavy (non-hydrogen) atoms. The van der Waals surface area contributed by atoms with Crippen molar-refractivity contribution < 1.29 is 4.74 Å². The van der Waals surface area contributed by atoms with Crippen LogP contribution in [0.3, 0.4) is 0 Å². The van der Waals surface area contributed by atoms with Crippen molar-refractivity contribution in [2.24, 2.45) is 17.8 Å². The summed E-state index contributed by atoms with van der Waals surface area (Å²) in [6, 6.07) is 0. The highest BCUT2D eigenvalue weighted by Gasteiger charge is 2.38. The van der Waals surface area contributed by atoms with Gasteiger partial charge in [0.25, 0.3) is 0 Å². The van der Waals surface area contributed by atoms with E-state index in [9.17, 15) is 0 Å². The van der Waals surface area contributed by atoms with Gasteiger partial charge in [0.1, 0.15) is 0 Å². The van der Waals surface area contributed by atoms with Crippen LogP contribution in [-0.4, -0.2) is 32.2 Å². The summed E-state index contributed by atoms with van der Waals surface area (Å²) in [5.41, 5.74) is 0. The molecule has 2 aliphatic carbocycles. The highest BCUT2D eigenvalue weighted by atomic mass is 35.5. The molecule has 2 fully saturated rings. The van der Waals surface area contributed by atoms with E-state index >= 15 is 0 Å². The molecule has 0 saturated heterocycles. The third kappa shape index (κ3) is 3.61. The van der Waals surface area contributed by atoms with E-state index < -0.39 is 0 Å². The van der Waals surface area contributed by atoms with Crippen LogP contribution in [0, 0.1) is 17.8 Å². The first kappa shape index (κ1) is 12.7. The smallest absolute Gasteiger partial charge is 0.0601 e. The first-order chi connectivity index (χ1) is 7.90. The first-order valence-electron chi connectivity index (χ1n) is 6.74. The summed E-state index contributed by atoms with van der Waals surface area (Å²) >= 11 is 5.52. The Hall–Kier alpha value is 0.210. The van der Waals surface area contributed by atoms with Gasteiger partial charge in [0.2, 0.25) is 0 Å². The van der Waals surface area contributed by atoms with Crippen LogP contribution >= 0.6 is 11.6 Å². The summed E-state index contributed by atoms with van der Waals surface area (Å²) in [5.74, 6) is 3.70. The molecule has 2 rings (SSSR count). The fraction of sp³-hybridized carbons (Fsp3) is 1.00. The van der Waals surface area contributed by atoms with E-state index in [1.807, 2.05) is 0 Å². The molecular formula is C13H24ClNO. The lowest BCUT2D eigenvalue weighted by Gasteiger charge is -2.21. The Labute approximate surface area is 104 Å². The predicted molar refractivity (Wildman–Crippen MR) is 68.0 cm³/mol. The van der Waals surface area contributed by atoms with Crippen LogP contribution in [0.2, 0.25) is 0 Å². The number of nitrogens with one attached hydrogen (secondary N) is 1. The van der Waals surface area contributed by atoms with Crippen molar-refractivity contribution in [1.29, 1.82) is 0 Å². The molecule has 0 aromatic heterocycles. The number of ether oxygens (including phenoxy) is 1. The molecule has 2 nitrogen and oxygen atoms in total. The third-order valence-electron chi connectivity index (χ3n) is 4.15. The Balaban J connectivity index is 1.43. The maximum atomic E-state index is 5.52. The van der Waals surface area contributed by atoms with Gasteiger partial charge in [-0.3, -0.25) is 0 Å². The monoisotopic (exact) mass is 245 g/mol. The van der Waals surface area contributed by atoms with Crippen molar-refractivity contribution >= 4 is 11.6 Å². The number of halogens is 1. The molecule has 0 radical (unpaired) electrons. The topological polar surface area (TPSA) is 21.3 Å². The summed E-state index contributed by atoms with van der Waals surface area (Å²) in [7, 11) is 0. The summed E-state index contributed by atoms with van der Waals surface area (Å²) in [5, 5.41) is 3.58. The van der Waals surface area contributed by atoms with E-state index in [0.29, 0.717) is 12.5 Å². The van der Waals surface area contributed by atoms with Gasteiger partial charge in [-0.05, 0) is 56.5 Å². The highest BCUT2D eigenvalue weighted by Crippen LogP contribution is 2.47. The molecule has 3 heteroatoms. The number of hydrogen-bond acceptors (Lipinski definition) is 2. The van der Waals surface area contributed by atoms with Crippen LogP contribution in [0.5, 0.6) is 0 Å². The SMILES string of the molecule is ClCCOCCCNCC1CC2CCC1C2. The molecule has 94 valence electrons. The zero-order valence-corrected chi connectivity index (χ0v) is 10.8. The van der Waals surface area contributed by atoms with Crippen LogP contribution in [0.4, 0.5) is 0 Å². The Bertz CT molecular complexity index is 200. The van der Waals surface area contributed by atoms with Gasteiger partial charge in [0.05, 0.1) is 6.61 Å². The van der Waals surface area contributed by atoms with Gasteiger partial charge in [-0.15, -0.1) is 11.6 Å². The molecular weight excluding hydrogens is 222 g/mol. The van der Waals surface area contributed by atoms with E-state index in [4.69, 9.17) is 16.3 Å². The van der Waals surface area contributed by atoms with Gasteiger partial charge in [-0.2, -0.15) is 0 Å². The minimum absolute atomic E-state index is 0.610. The molecule has 2 aliphatic rings. The van der Waals surface area contributed by atoms with Crippen LogP contribution in [0.15, 0.2) is 0 Å². The zero-order chi connectivity index (χ0) is 11.2. The van der Waals surface area contributed by atoms with Crippen molar-refractivity contribution in [3.8, 4) is 0 Å². The second kappa shape index (κ2) is 6.83. The number of rotatable bonds is 8. The molecule has 0 aromatic carbocycles. The number of alkyl halides is 1. The van der Waals surface area contributed by atoms with Gasteiger partial charge in [0.15, 0.2) is 0 Å². The number of fused-ring (bicyclic) bond motifs is 2. The van der Waals surface area contributed by atoms with Crippen LogP contribution in [-0.2, 0) is 4.74 Å². The normalized spacial score (nSPS) is 32.4. The van der Waals surface area contributed by atoms with Gasteiger partial charge in [0, 0.05) is 12.5 Å². The maximum absolute atomic E-state index is 5.52. The van der Waals surface area contributed by atoms with Crippen molar-refractivity contribution in [2.45, 2.75) is 32.1 Å². The van der Waals surface area contributed by atoms with Crippen molar-refractivity contribution in [3.63, 3.8) is 0 Å². The Morgan fingerprint density at radius 3 is 2.81 bits per heavy atom.